The van der Waals surface area contributed by atoms with Crippen molar-refractivity contribution in [2.24, 2.45) is 11.3 Å². The molecule has 290 valence electrons. The lowest BCUT2D eigenvalue weighted by atomic mass is 9.67. The lowest BCUT2D eigenvalue weighted by Crippen LogP contribution is -2.53. The largest absolute Gasteiger partial charge is 0.459 e. The summed E-state index contributed by atoms with van der Waals surface area (Å²) in [7, 11) is 0. The molecule has 1 aliphatic heterocycles. The van der Waals surface area contributed by atoms with Crippen LogP contribution in [0.15, 0.2) is 114 Å². The Morgan fingerprint density at radius 3 is 1.87 bits per heavy atom. The summed E-state index contributed by atoms with van der Waals surface area (Å²) in [6.07, 6.45) is -5.66. The van der Waals surface area contributed by atoms with E-state index in [0.29, 0.717) is 23.1 Å². The molecule has 0 spiro atoms. The number of hydrogen-bond donors (Lipinski definition) is 1. The first-order valence-electron chi connectivity index (χ1n) is 18.8. The zero-order chi connectivity index (χ0) is 39.5. The second-order valence-corrected chi connectivity index (χ2v) is 15.6. The van der Waals surface area contributed by atoms with E-state index in [-0.39, 0.29) is 31.3 Å². The maximum Gasteiger partial charge on any atom is 0.338 e. The van der Waals surface area contributed by atoms with E-state index in [1.165, 1.54) is 6.92 Å². The molecule has 1 saturated heterocycles. The predicted octanol–water partition coefficient (Wildman–Crippen LogP) is 6.68. The van der Waals surface area contributed by atoms with Crippen molar-refractivity contribution < 1.29 is 48.0 Å². The maximum atomic E-state index is 14.1. The summed E-state index contributed by atoms with van der Waals surface area (Å²) in [6, 6.07) is 26.9. The number of hydrogen-bond acceptors (Lipinski definition) is 10. The number of esters is 4. The molecule has 0 amide bonds. The molecule has 1 heterocycles. The summed E-state index contributed by atoms with van der Waals surface area (Å²) in [4.78, 5) is 54.7. The molecule has 2 unspecified atom stereocenters. The molecule has 3 fully saturated rings. The van der Waals surface area contributed by atoms with E-state index in [1.807, 2.05) is 76.2 Å². The van der Waals surface area contributed by atoms with Crippen molar-refractivity contribution >= 4 is 23.9 Å². The van der Waals surface area contributed by atoms with Crippen molar-refractivity contribution in [1.82, 2.24) is 0 Å². The van der Waals surface area contributed by atoms with Crippen LogP contribution in [0.4, 0.5) is 0 Å². The van der Waals surface area contributed by atoms with Crippen LogP contribution in [0.5, 0.6) is 0 Å². The number of aliphatic hydroxyl groups excluding tert-OH is 1. The molecule has 0 aromatic heterocycles. The van der Waals surface area contributed by atoms with Crippen molar-refractivity contribution in [2.75, 3.05) is 0 Å². The molecule has 2 aliphatic carbocycles. The monoisotopic (exact) mass is 750 g/mol. The van der Waals surface area contributed by atoms with E-state index in [9.17, 15) is 24.3 Å². The van der Waals surface area contributed by atoms with E-state index >= 15 is 0 Å². The molecule has 9 atom stereocenters. The zero-order valence-electron chi connectivity index (χ0n) is 32.1. The van der Waals surface area contributed by atoms with Gasteiger partial charge in [-0.05, 0) is 74.4 Å². The topological polar surface area (TPSA) is 138 Å². The van der Waals surface area contributed by atoms with Gasteiger partial charge in [0.25, 0.3) is 0 Å². The first-order valence-corrected chi connectivity index (χ1v) is 18.8. The SMILES string of the molecule is C=C1[C@@H](O)CC[C@]2(C)O[C@H]2C(OC(=O)Cc2ccccc2)[C@@]2(C)C[C@@H](OC(=O)c3ccccc3)C(=C(C)C)[C@@H]2C(OC(=O)Cc2ccccc2)[C@H]1OC(C)=O. The number of fused-ring (bicyclic) bond motifs is 2. The smallest absolute Gasteiger partial charge is 0.338 e. The molecule has 3 aromatic rings. The van der Waals surface area contributed by atoms with Crippen LogP contribution in [0.25, 0.3) is 0 Å². The van der Waals surface area contributed by atoms with Crippen LogP contribution in [0.2, 0.25) is 0 Å². The quantitative estimate of drug-likeness (QED) is 0.109. The average Bonchev–Trinajstić information content (AvgIpc) is 3.73. The fraction of sp³-hybridized carbons (Fsp3) is 0.422. The first kappa shape index (κ1) is 39.6. The van der Waals surface area contributed by atoms with Gasteiger partial charge in [-0.25, -0.2) is 4.79 Å². The molecule has 55 heavy (non-hydrogen) atoms. The van der Waals surface area contributed by atoms with Gasteiger partial charge in [0.15, 0.2) is 6.10 Å². The van der Waals surface area contributed by atoms with Crippen LogP contribution >= 0.6 is 0 Å². The molecule has 10 heteroatoms. The fourth-order valence-electron chi connectivity index (χ4n) is 8.47. The summed E-state index contributed by atoms with van der Waals surface area (Å²) >= 11 is 0. The van der Waals surface area contributed by atoms with Crippen LogP contribution in [0.1, 0.15) is 75.4 Å². The second kappa shape index (κ2) is 16.4. The van der Waals surface area contributed by atoms with E-state index < -0.39 is 77.4 Å². The van der Waals surface area contributed by atoms with Gasteiger partial charge in [0.05, 0.1) is 30.1 Å². The molecule has 3 aromatic carbocycles. The number of carbonyl (C=O) groups is 4. The van der Waals surface area contributed by atoms with Gasteiger partial charge >= 0.3 is 23.9 Å². The van der Waals surface area contributed by atoms with Crippen molar-refractivity contribution in [3.63, 3.8) is 0 Å². The molecule has 6 rings (SSSR count). The van der Waals surface area contributed by atoms with Crippen LogP contribution < -0.4 is 0 Å². The Kier molecular flexibility index (Phi) is 11.8. The highest BCUT2D eigenvalue weighted by Crippen LogP contribution is 2.60. The summed E-state index contributed by atoms with van der Waals surface area (Å²) in [6.45, 7) is 13.0. The summed E-state index contributed by atoms with van der Waals surface area (Å²) in [5.74, 6) is -3.23. The highest BCUT2D eigenvalue weighted by Gasteiger charge is 2.69. The first-order chi connectivity index (χ1) is 26.2. The number of carbonyl (C=O) groups excluding carboxylic acids is 4. The number of benzene rings is 3. The van der Waals surface area contributed by atoms with Gasteiger partial charge in [0.2, 0.25) is 0 Å². The minimum Gasteiger partial charge on any atom is -0.459 e. The average molecular weight is 751 g/mol. The molecule has 0 radical (unpaired) electrons. The molecule has 10 nitrogen and oxygen atoms in total. The highest BCUT2D eigenvalue weighted by molar-refractivity contribution is 5.89. The maximum absolute atomic E-state index is 14.1. The highest BCUT2D eigenvalue weighted by atomic mass is 16.6. The van der Waals surface area contributed by atoms with E-state index in [0.717, 1.165) is 11.1 Å². The summed E-state index contributed by atoms with van der Waals surface area (Å²) in [5.41, 5.74) is 1.38. The van der Waals surface area contributed by atoms with Crippen LogP contribution in [0.3, 0.4) is 0 Å². The Balaban J connectivity index is 1.52. The van der Waals surface area contributed by atoms with Gasteiger partial charge < -0.3 is 28.8 Å². The molecule has 2 saturated carbocycles. The summed E-state index contributed by atoms with van der Waals surface area (Å²) < 4.78 is 31.8. The Bertz CT molecular complexity index is 1920. The Morgan fingerprint density at radius 1 is 0.782 bits per heavy atom. The number of aliphatic hydroxyl groups is 1. The van der Waals surface area contributed by atoms with Crippen molar-refractivity contribution in [2.45, 2.75) is 109 Å². The van der Waals surface area contributed by atoms with Gasteiger partial charge in [0, 0.05) is 18.3 Å². The number of ether oxygens (including phenoxy) is 5. The van der Waals surface area contributed by atoms with Gasteiger partial charge in [-0.2, -0.15) is 0 Å². The molecular formula is C45H50O10. The van der Waals surface area contributed by atoms with E-state index in [2.05, 4.69) is 6.58 Å². The Hall–Kier alpha value is -5.06. The standard InChI is InChI=1S/C45H50O10/c1-27(2)37-34(52-43(50)32-20-14-9-15-21-32)26-44(5)38(37)40(53-35(48)24-30-16-10-7-11-17-30)39(51-29(4)46)28(3)33(47)22-23-45(6)42(55-45)41(44)54-36(49)25-31-18-12-8-13-19-31/h7-21,33-34,38-42,47H,3,22-26H2,1-2,4-6H3/t33-,34+,38+,39-,40?,41?,42-,44-,45-/m0/s1. The minimum absolute atomic E-state index is 0.00940. The Labute approximate surface area is 322 Å². The predicted molar refractivity (Wildman–Crippen MR) is 203 cm³/mol. The number of allylic oxidation sites excluding steroid dienone is 1. The van der Waals surface area contributed by atoms with Crippen LogP contribution in [0, 0.1) is 11.3 Å². The summed E-state index contributed by atoms with van der Waals surface area (Å²) in [5, 5.41) is 11.6. The van der Waals surface area contributed by atoms with Crippen molar-refractivity contribution in [3.8, 4) is 0 Å². The van der Waals surface area contributed by atoms with Gasteiger partial charge in [-0.3, -0.25) is 14.4 Å². The third-order valence-corrected chi connectivity index (χ3v) is 11.3. The van der Waals surface area contributed by atoms with Gasteiger partial charge in [0.1, 0.15) is 24.4 Å². The van der Waals surface area contributed by atoms with Crippen LogP contribution in [-0.4, -0.2) is 71.2 Å². The van der Waals surface area contributed by atoms with Crippen molar-refractivity contribution in [1.29, 1.82) is 0 Å². The van der Waals surface area contributed by atoms with Crippen molar-refractivity contribution in [3.05, 3.63) is 131 Å². The third kappa shape index (κ3) is 8.76. The fourth-order valence-corrected chi connectivity index (χ4v) is 8.47. The van der Waals surface area contributed by atoms with E-state index in [1.54, 1.807) is 42.5 Å². The Morgan fingerprint density at radius 2 is 1.33 bits per heavy atom. The van der Waals surface area contributed by atoms with Crippen LogP contribution in [-0.2, 0) is 50.9 Å². The number of epoxide rings is 1. The normalized spacial score (nSPS) is 30.1. The second-order valence-electron chi connectivity index (χ2n) is 15.6. The molecular weight excluding hydrogens is 700 g/mol. The lowest BCUT2D eigenvalue weighted by molar-refractivity contribution is -0.178. The number of rotatable bonds is 9. The van der Waals surface area contributed by atoms with E-state index in [4.69, 9.17) is 23.7 Å². The minimum atomic E-state index is -1.32. The molecule has 3 aliphatic rings. The molecule has 0 bridgehead atoms. The molecule has 1 N–H and O–H groups in total. The third-order valence-electron chi connectivity index (χ3n) is 11.3. The lowest BCUT2D eigenvalue weighted by Gasteiger charge is -2.43. The van der Waals surface area contributed by atoms with Gasteiger partial charge in [-0.1, -0.05) is 97.9 Å². The van der Waals surface area contributed by atoms with Gasteiger partial charge in [-0.15, -0.1) is 0 Å². The zero-order valence-corrected chi connectivity index (χ0v) is 32.1.